The molecule has 0 bridgehead atoms. The Balaban J connectivity index is 1.53. The molecule has 1 fully saturated rings. The van der Waals surface area contributed by atoms with E-state index in [0.29, 0.717) is 51.3 Å². The zero-order valence-electron chi connectivity index (χ0n) is 18.1. The largest absolute Gasteiger partial charge is 0.417 e. The van der Waals surface area contributed by atoms with E-state index in [4.69, 9.17) is 11.6 Å². The van der Waals surface area contributed by atoms with E-state index in [1.54, 1.807) is 28.9 Å². The molecule has 2 aromatic rings. The summed E-state index contributed by atoms with van der Waals surface area (Å²) in [4.78, 5) is 31.4. The fourth-order valence-electron chi connectivity index (χ4n) is 3.40. The van der Waals surface area contributed by atoms with Crippen molar-refractivity contribution in [3.8, 4) is 0 Å². The van der Waals surface area contributed by atoms with E-state index < -0.39 is 11.7 Å². The Morgan fingerprint density at radius 1 is 1.12 bits per heavy atom. The van der Waals surface area contributed by atoms with Crippen molar-refractivity contribution in [3.05, 3.63) is 52.7 Å². The van der Waals surface area contributed by atoms with Gasteiger partial charge in [0.25, 0.3) is 0 Å². The first kappa shape index (κ1) is 24.6. The second-order valence-corrected chi connectivity index (χ2v) is 8.02. The van der Waals surface area contributed by atoms with Gasteiger partial charge >= 0.3 is 12.2 Å². The average Bonchev–Trinajstić information content (AvgIpc) is 3.04. The van der Waals surface area contributed by atoms with Crippen LogP contribution in [0.25, 0.3) is 0 Å². The molecule has 3 amide bonds. The maximum absolute atomic E-state index is 12.8. The van der Waals surface area contributed by atoms with Gasteiger partial charge in [0.05, 0.1) is 10.6 Å². The lowest BCUT2D eigenvalue weighted by Gasteiger charge is -2.24. The minimum absolute atomic E-state index is 0.0682. The van der Waals surface area contributed by atoms with Crippen LogP contribution in [0.2, 0.25) is 5.02 Å². The molecule has 1 saturated heterocycles. The molecule has 178 valence electrons. The van der Waals surface area contributed by atoms with Gasteiger partial charge in [-0.25, -0.2) is 9.78 Å². The fourth-order valence-corrected chi connectivity index (χ4v) is 3.68. The Kier molecular flexibility index (Phi) is 8.01. The number of urea groups is 1. The molecule has 1 aromatic heterocycles. The first-order valence-electron chi connectivity index (χ1n) is 10.6. The van der Waals surface area contributed by atoms with E-state index in [-0.39, 0.29) is 22.8 Å². The van der Waals surface area contributed by atoms with E-state index in [1.807, 2.05) is 12.1 Å². The minimum atomic E-state index is -4.51. The average molecular weight is 484 g/mol. The number of nitrogens with one attached hydrogen (secondary N) is 2. The van der Waals surface area contributed by atoms with Crippen LogP contribution in [0.1, 0.15) is 30.9 Å². The molecule has 2 N–H and O–H groups in total. The Hall–Kier alpha value is -3.01. The summed E-state index contributed by atoms with van der Waals surface area (Å²) in [5.41, 5.74) is 0.683. The number of aromatic nitrogens is 1. The zero-order chi connectivity index (χ0) is 24.0. The molecule has 0 unspecified atom stereocenters. The molecular weight excluding hydrogens is 459 g/mol. The lowest BCUT2D eigenvalue weighted by molar-refractivity contribution is -0.137. The number of halogens is 4. The smallest absolute Gasteiger partial charge is 0.354 e. The van der Waals surface area contributed by atoms with Crippen LogP contribution < -0.4 is 15.5 Å². The van der Waals surface area contributed by atoms with Crippen molar-refractivity contribution < 1.29 is 22.8 Å². The van der Waals surface area contributed by atoms with Crippen molar-refractivity contribution in [3.63, 3.8) is 0 Å². The maximum Gasteiger partial charge on any atom is 0.417 e. The number of carbonyl (C=O) groups excluding carboxylic acids is 2. The lowest BCUT2D eigenvalue weighted by atomic mass is 10.2. The molecule has 33 heavy (non-hydrogen) atoms. The Morgan fingerprint density at radius 3 is 2.48 bits per heavy atom. The predicted molar refractivity (Wildman–Crippen MR) is 120 cm³/mol. The van der Waals surface area contributed by atoms with Gasteiger partial charge in [0.1, 0.15) is 5.82 Å². The van der Waals surface area contributed by atoms with Crippen molar-refractivity contribution in [2.75, 3.05) is 36.4 Å². The van der Waals surface area contributed by atoms with Gasteiger partial charge in [0.15, 0.2) is 0 Å². The fraction of sp³-hybridized carbons (Fsp3) is 0.409. The number of anilines is 2. The standard InChI is InChI=1S/C22H25ClF3N5O2/c1-2-19(32)29-17-6-4-15(5-7-17)13-28-21(33)31-9-3-8-30(10-11-31)20-18(23)12-16(14-27-20)22(24,25)26/h4-7,12,14H,2-3,8-11,13H2,1H3,(H,28,33)(H,29,32). The third-order valence-corrected chi connectivity index (χ3v) is 5.51. The van der Waals surface area contributed by atoms with Crippen molar-refractivity contribution in [1.82, 2.24) is 15.2 Å². The number of pyridine rings is 1. The monoisotopic (exact) mass is 483 g/mol. The van der Waals surface area contributed by atoms with Crippen LogP contribution in [0.3, 0.4) is 0 Å². The van der Waals surface area contributed by atoms with Gasteiger partial charge in [-0.3, -0.25) is 4.79 Å². The van der Waals surface area contributed by atoms with E-state index in [2.05, 4.69) is 15.6 Å². The molecule has 0 aliphatic carbocycles. The molecule has 2 heterocycles. The van der Waals surface area contributed by atoms with Crippen LogP contribution in [0.5, 0.6) is 0 Å². The normalized spacial score (nSPS) is 14.6. The summed E-state index contributed by atoms with van der Waals surface area (Å²) in [6.45, 7) is 3.91. The summed E-state index contributed by atoms with van der Waals surface area (Å²) < 4.78 is 38.5. The maximum atomic E-state index is 12.8. The Bertz CT molecular complexity index is 985. The highest BCUT2D eigenvalue weighted by Gasteiger charge is 2.32. The molecule has 1 aromatic carbocycles. The van der Waals surface area contributed by atoms with Gasteiger partial charge in [-0.05, 0) is 30.2 Å². The Morgan fingerprint density at radius 2 is 1.85 bits per heavy atom. The van der Waals surface area contributed by atoms with Gasteiger partial charge < -0.3 is 20.4 Å². The SMILES string of the molecule is CCC(=O)Nc1ccc(CNC(=O)N2CCCN(c3ncc(C(F)(F)F)cc3Cl)CC2)cc1. The first-order chi connectivity index (χ1) is 15.7. The van der Waals surface area contributed by atoms with Crippen molar-refractivity contribution >= 4 is 35.0 Å². The van der Waals surface area contributed by atoms with Crippen LogP contribution in [-0.2, 0) is 17.5 Å². The summed E-state index contributed by atoms with van der Waals surface area (Å²) >= 11 is 6.07. The predicted octanol–water partition coefficient (Wildman–Crippen LogP) is 4.52. The third kappa shape index (κ3) is 6.74. The number of hydrogen-bond acceptors (Lipinski definition) is 4. The number of carbonyl (C=O) groups is 2. The van der Waals surface area contributed by atoms with Crippen molar-refractivity contribution in [2.45, 2.75) is 32.5 Å². The number of hydrogen-bond donors (Lipinski definition) is 2. The molecule has 3 rings (SSSR count). The molecule has 11 heteroatoms. The second-order valence-electron chi connectivity index (χ2n) is 7.61. The summed E-state index contributed by atoms with van der Waals surface area (Å²) in [6.07, 6.45) is -2.72. The van der Waals surface area contributed by atoms with Gasteiger partial charge in [0.2, 0.25) is 5.91 Å². The molecule has 0 atom stereocenters. The van der Waals surface area contributed by atoms with Crippen molar-refractivity contribution in [2.24, 2.45) is 0 Å². The van der Waals surface area contributed by atoms with Crippen LogP contribution in [0, 0.1) is 0 Å². The highest BCUT2D eigenvalue weighted by molar-refractivity contribution is 6.33. The van der Waals surface area contributed by atoms with Crippen LogP contribution in [0.15, 0.2) is 36.5 Å². The van der Waals surface area contributed by atoms with Crippen molar-refractivity contribution in [1.29, 1.82) is 0 Å². The van der Waals surface area contributed by atoms with Gasteiger partial charge in [-0.1, -0.05) is 30.7 Å². The molecule has 0 spiro atoms. The highest BCUT2D eigenvalue weighted by Crippen LogP contribution is 2.33. The summed E-state index contributed by atoms with van der Waals surface area (Å²) in [6, 6.07) is 7.85. The summed E-state index contributed by atoms with van der Waals surface area (Å²) in [5.74, 6) is 0.209. The van der Waals surface area contributed by atoms with Crippen LogP contribution >= 0.6 is 11.6 Å². The molecule has 7 nitrogen and oxygen atoms in total. The van der Waals surface area contributed by atoms with E-state index in [1.165, 1.54) is 0 Å². The number of rotatable bonds is 5. The van der Waals surface area contributed by atoms with Crippen LogP contribution in [-0.4, -0.2) is 48.0 Å². The lowest BCUT2D eigenvalue weighted by Crippen LogP contribution is -2.41. The number of nitrogens with zero attached hydrogens (tertiary/aromatic N) is 3. The van der Waals surface area contributed by atoms with E-state index in [0.717, 1.165) is 17.8 Å². The van der Waals surface area contributed by atoms with Gasteiger partial charge in [-0.15, -0.1) is 0 Å². The number of benzene rings is 1. The topological polar surface area (TPSA) is 77.6 Å². The number of alkyl halides is 3. The summed E-state index contributed by atoms with van der Waals surface area (Å²) in [5, 5.41) is 5.57. The van der Waals surface area contributed by atoms with Gasteiger partial charge in [0, 0.05) is 51.0 Å². The molecule has 1 aliphatic heterocycles. The second kappa shape index (κ2) is 10.7. The quantitative estimate of drug-likeness (QED) is 0.655. The van der Waals surface area contributed by atoms with Crippen LogP contribution in [0.4, 0.5) is 29.5 Å². The Labute approximate surface area is 194 Å². The molecule has 1 aliphatic rings. The number of amides is 3. The highest BCUT2D eigenvalue weighted by atomic mass is 35.5. The molecular formula is C22H25ClF3N5O2. The zero-order valence-corrected chi connectivity index (χ0v) is 18.8. The van der Waals surface area contributed by atoms with E-state index >= 15 is 0 Å². The first-order valence-corrected chi connectivity index (χ1v) is 10.9. The minimum Gasteiger partial charge on any atom is -0.354 e. The molecule has 0 saturated carbocycles. The molecule has 0 radical (unpaired) electrons. The summed E-state index contributed by atoms with van der Waals surface area (Å²) in [7, 11) is 0. The van der Waals surface area contributed by atoms with E-state index in [9.17, 15) is 22.8 Å². The van der Waals surface area contributed by atoms with Gasteiger partial charge in [-0.2, -0.15) is 13.2 Å². The third-order valence-electron chi connectivity index (χ3n) is 5.23.